The van der Waals surface area contributed by atoms with Crippen LogP contribution in [0.1, 0.15) is 36.0 Å². The average molecular weight is 368 g/mol. The molecule has 3 rings (SSSR count). The maximum Gasteiger partial charge on any atom is 0.296 e. The highest BCUT2D eigenvalue weighted by Crippen LogP contribution is 2.28. The van der Waals surface area contributed by atoms with Crippen molar-refractivity contribution in [3.63, 3.8) is 0 Å². The van der Waals surface area contributed by atoms with Gasteiger partial charge in [-0.15, -0.1) is 0 Å². The summed E-state index contributed by atoms with van der Waals surface area (Å²) in [4.78, 5) is 3.36. The van der Waals surface area contributed by atoms with Crippen LogP contribution in [-0.4, -0.2) is 20.0 Å². The van der Waals surface area contributed by atoms with E-state index in [1.54, 1.807) is 30.3 Å². The third-order valence-electron chi connectivity index (χ3n) is 4.47. The Balaban J connectivity index is 1.68. The molecule has 2 aromatic carbocycles. The lowest BCUT2D eigenvalue weighted by Crippen LogP contribution is -2.09. The van der Waals surface area contributed by atoms with Gasteiger partial charge in [0.1, 0.15) is 0 Å². The molecule has 0 radical (unpaired) electrons. The van der Waals surface area contributed by atoms with Crippen molar-refractivity contribution in [1.82, 2.24) is 4.98 Å². The summed E-state index contributed by atoms with van der Waals surface area (Å²) in [5, 5.41) is 10.1. The molecule has 26 heavy (non-hydrogen) atoms. The van der Waals surface area contributed by atoms with Crippen LogP contribution in [0.15, 0.2) is 53.6 Å². The number of aromatic nitrogens is 1. The van der Waals surface area contributed by atoms with E-state index in [4.69, 9.17) is 9.44 Å². The molecule has 1 unspecified atom stereocenters. The van der Waals surface area contributed by atoms with Gasteiger partial charge in [0.05, 0.1) is 23.1 Å². The number of hydrogen-bond acceptors (Lipinski definition) is 4. The van der Waals surface area contributed by atoms with Gasteiger partial charge in [-0.3, -0.25) is 4.18 Å². The van der Waals surface area contributed by atoms with E-state index < -0.39 is 10.1 Å². The molecule has 0 aliphatic carbocycles. The number of nitrogens with zero attached hydrogens (tertiary/aromatic N) is 1. The van der Waals surface area contributed by atoms with Crippen molar-refractivity contribution in [3.05, 3.63) is 65.4 Å². The van der Waals surface area contributed by atoms with Crippen molar-refractivity contribution in [2.45, 2.75) is 31.1 Å². The van der Waals surface area contributed by atoms with Gasteiger partial charge in [0.25, 0.3) is 10.1 Å². The number of hydrogen-bond donors (Lipinski definition) is 1. The van der Waals surface area contributed by atoms with Gasteiger partial charge in [0.15, 0.2) is 0 Å². The molecule has 1 heterocycles. The number of H-pyrrole nitrogens is 1. The molecule has 1 N–H and O–H groups in total. The molecule has 1 atom stereocenters. The van der Waals surface area contributed by atoms with Gasteiger partial charge < -0.3 is 4.98 Å². The van der Waals surface area contributed by atoms with Crippen LogP contribution in [0.5, 0.6) is 0 Å². The van der Waals surface area contributed by atoms with E-state index in [1.807, 2.05) is 32.2 Å². The molecule has 6 heteroatoms. The van der Waals surface area contributed by atoms with E-state index in [9.17, 15) is 8.42 Å². The Labute approximate surface area is 153 Å². The zero-order valence-electron chi connectivity index (χ0n) is 14.7. The Hall–Kier alpha value is -2.62. The normalized spacial score (nSPS) is 12.8. The first-order valence-electron chi connectivity index (χ1n) is 8.38. The van der Waals surface area contributed by atoms with Crippen molar-refractivity contribution in [2.24, 2.45) is 0 Å². The topological polar surface area (TPSA) is 83.0 Å². The maximum atomic E-state index is 12.2. The fourth-order valence-corrected chi connectivity index (χ4v) is 3.80. The molecular weight excluding hydrogens is 348 g/mol. The molecule has 0 saturated heterocycles. The van der Waals surface area contributed by atoms with E-state index in [0.717, 1.165) is 22.0 Å². The Bertz CT molecular complexity index is 1060. The summed E-state index contributed by atoms with van der Waals surface area (Å²) in [6, 6.07) is 14.2. The molecular formula is C20H20N2O3S. The van der Waals surface area contributed by atoms with Gasteiger partial charge in [0.2, 0.25) is 0 Å². The number of rotatable bonds is 6. The SMILES string of the molecule is Cc1ccc(S(=O)(=O)OCCC(C)c2c[nH]c3ccc(C#N)cc23)cc1. The number of fused-ring (bicyclic) bond motifs is 1. The Morgan fingerprint density at radius 3 is 2.62 bits per heavy atom. The zero-order valence-corrected chi connectivity index (χ0v) is 15.5. The lowest BCUT2D eigenvalue weighted by atomic mass is 9.97. The molecule has 5 nitrogen and oxygen atoms in total. The quantitative estimate of drug-likeness (QED) is 0.660. The largest absolute Gasteiger partial charge is 0.361 e. The first-order valence-corrected chi connectivity index (χ1v) is 9.79. The van der Waals surface area contributed by atoms with Crippen LogP contribution in [-0.2, 0) is 14.3 Å². The van der Waals surface area contributed by atoms with Gasteiger partial charge in [-0.05, 0) is 55.2 Å². The highest BCUT2D eigenvalue weighted by molar-refractivity contribution is 7.86. The van der Waals surface area contributed by atoms with Crippen molar-refractivity contribution >= 4 is 21.0 Å². The summed E-state index contributed by atoms with van der Waals surface area (Å²) in [7, 11) is -3.75. The molecule has 0 aliphatic rings. The maximum absolute atomic E-state index is 12.2. The Morgan fingerprint density at radius 2 is 1.92 bits per heavy atom. The first-order chi connectivity index (χ1) is 12.4. The minimum atomic E-state index is -3.75. The summed E-state index contributed by atoms with van der Waals surface area (Å²) in [5.41, 5.74) is 3.60. The number of aryl methyl sites for hydroxylation is 1. The van der Waals surface area contributed by atoms with E-state index in [-0.39, 0.29) is 17.4 Å². The third-order valence-corrected chi connectivity index (χ3v) is 5.80. The second-order valence-corrected chi connectivity index (χ2v) is 8.01. The average Bonchev–Trinajstić information content (AvgIpc) is 3.05. The molecule has 134 valence electrons. The van der Waals surface area contributed by atoms with Crippen LogP contribution in [0.25, 0.3) is 10.9 Å². The number of nitriles is 1. The van der Waals surface area contributed by atoms with Crippen LogP contribution >= 0.6 is 0 Å². The predicted molar refractivity (Wildman–Crippen MR) is 100 cm³/mol. The van der Waals surface area contributed by atoms with Gasteiger partial charge in [-0.2, -0.15) is 13.7 Å². The van der Waals surface area contributed by atoms with Crippen molar-refractivity contribution in [2.75, 3.05) is 6.61 Å². The summed E-state index contributed by atoms with van der Waals surface area (Å²) in [6.45, 7) is 4.02. The fraction of sp³-hybridized carbons (Fsp3) is 0.250. The molecule has 1 aromatic heterocycles. The van der Waals surface area contributed by atoms with Crippen LogP contribution in [0, 0.1) is 18.3 Å². The van der Waals surface area contributed by atoms with Crippen LogP contribution in [0.4, 0.5) is 0 Å². The molecule has 0 saturated carbocycles. The molecule has 3 aromatic rings. The van der Waals surface area contributed by atoms with Gasteiger partial charge >= 0.3 is 0 Å². The molecule has 0 aliphatic heterocycles. The van der Waals surface area contributed by atoms with Gasteiger partial charge in [0, 0.05) is 17.1 Å². The first kappa shape index (κ1) is 18.2. The predicted octanol–water partition coefficient (Wildman–Crippen LogP) is 4.25. The summed E-state index contributed by atoms with van der Waals surface area (Å²) in [5.74, 6) is 0.0888. The summed E-state index contributed by atoms with van der Waals surface area (Å²) in [6.07, 6.45) is 2.46. The zero-order chi connectivity index (χ0) is 18.7. The van der Waals surface area contributed by atoms with E-state index in [1.165, 1.54) is 0 Å². The monoisotopic (exact) mass is 368 g/mol. The van der Waals surface area contributed by atoms with E-state index >= 15 is 0 Å². The van der Waals surface area contributed by atoms with Gasteiger partial charge in [-0.1, -0.05) is 24.6 Å². The Morgan fingerprint density at radius 1 is 1.19 bits per heavy atom. The molecule has 0 amide bonds. The van der Waals surface area contributed by atoms with E-state index in [2.05, 4.69) is 11.1 Å². The smallest absolute Gasteiger partial charge is 0.296 e. The Kier molecular flexibility index (Phi) is 5.12. The van der Waals surface area contributed by atoms with Crippen molar-refractivity contribution < 1.29 is 12.6 Å². The van der Waals surface area contributed by atoms with Gasteiger partial charge in [-0.25, -0.2) is 0 Å². The molecule has 0 fully saturated rings. The second kappa shape index (κ2) is 7.32. The number of benzene rings is 2. The number of nitrogens with one attached hydrogen (secondary N) is 1. The van der Waals surface area contributed by atoms with Crippen LogP contribution < -0.4 is 0 Å². The fourth-order valence-electron chi connectivity index (χ4n) is 2.88. The second-order valence-electron chi connectivity index (χ2n) is 6.40. The van der Waals surface area contributed by atoms with Crippen LogP contribution in [0.3, 0.4) is 0 Å². The lowest BCUT2D eigenvalue weighted by molar-refractivity contribution is 0.303. The molecule has 0 bridgehead atoms. The standard InChI is InChI=1S/C20H20N2O3S/c1-14-3-6-17(7-4-14)26(23,24)25-10-9-15(2)19-13-22-20-8-5-16(12-21)11-18(19)20/h3-8,11,13,15,22H,9-10H2,1-2H3. The third kappa shape index (κ3) is 3.79. The van der Waals surface area contributed by atoms with Crippen molar-refractivity contribution in [1.29, 1.82) is 5.26 Å². The van der Waals surface area contributed by atoms with Crippen molar-refractivity contribution in [3.8, 4) is 6.07 Å². The molecule has 0 spiro atoms. The summed E-state index contributed by atoms with van der Waals surface area (Å²) >= 11 is 0. The minimum Gasteiger partial charge on any atom is -0.361 e. The highest BCUT2D eigenvalue weighted by Gasteiger charge is 2.17. The minimum absolute atomic E-state index is 0.0888. The number of aromatic amines is 1. The summed E-state index contributed by atoms with van der Waals surface area (Å²) < 4.78 is 29.7. The highest BCUT2D eigenvalue weighted by atomic mass is 32.2. The van der Waals surface area contributed by atoms with Crippen LogP contribution in [0.2, 0.25) is 0 Å². The lowest BCUT2D eigenvalue weighted by Gasteiger charge is -2.11. The van der Waals surface area contributed by atoms with E-state index in [0.29, 0.717) is 12.0 Å².